The first-order valence-corrected chi connectivity index (χ1v) is 13.6. The molecular formula is C28H48O5. The standard InChI is InChI=1S/C28H48O5/c1-5-9-11-13-15-17-19-21-25(29)32-27-23(7-3)31-24(8-4)28(27)33-26(30)22-20-18-16-14-12-10-6-2/h5-22H2,1-4H3. The summed E-state index contributed by atoms with van der Waals surface area (Å²) in [5, 5.41) is 0. The van der Waals surface area contributed by atoms with Crippen LogP contribution in [0.25, 0.3) is 0 Å². The third-order valence-electron chi connectivity index (χ3n) is 6.00. The van der Waals surface area contributed by atoms with Crippen molar-refractivity contribution < 1.29 is 23.5 Å². The molecule has 0 radical (unpaired) electrons. The van der Waals surface area contributed by atoms with Crippen LogP contribution < -0.4 is 9.47 Å². The van der Waals surface area contributed by atoms with E-state index in [-0.39, 0.29) is 11.9 Å². The molecule has 33 heavy (non-hydrogen) atoms. The monoisotopic (exact) mass is 464 g/mol. The fraction of sp³-hybridized carbons (Fsp3) is 0.786. The highest BCUT2D eigenvalue weighted by molar-refractivity contribution is 5.77. The lowest BCUT2D eigenvalue weighted by atomic mass is 10.1. The molecule has 1 aromatic heterocycles. The van der Waals surface area contributed by atoms with Crippen LogP contribution in [0.15, 0.2) is 4.42 Å². The number of hydrogen-bond acceptors (Lipinski definition) is 5. The molecule has 0 aliphatic heterocycles. The Hall–Kier alpha value is -1.78. The van der Waals surface area contributed by atoms with Crippen LogP contribution in [0.1, 0.15) is 142 Å². The zero-order valence-corrected chi connectivity index (χ0v) is 21.8. The average molecular weight is 465 g/mol. The van der Waals surface area contributed by atoms with E-state index in [0.29, 0.717) is 48.7 Å². The lowest BCUT2D eigenvalue weighted by Gasteiger charge is -2.08. The molecule has 0 saturated heterocycles. The van der Waals surface area contributed by atoms with Crippen LogP contribution >= 0.6 is 0 Å². The first-order valence-electron chi connectivity index (χ1n) is 13.6. The molecule has 0 spiro atoms. The minimum atomic E-state index is -0.286. The minimum absolute atomic E-state index is 0.286. The van der Waals surface area contributed by atoms with Gasteiger partial charge in [-0.2, -0.15) is 0 Å². The number of carbonyl (C=O) groups excluding carboxylic acids is 2. The number of esters is 2. The van der Waals surface area contributed by atoms with Crippen molar-refractivity contribution in [1.29, 1.82) is 0 Å². The summed E-state index contributed by atoms with van der Waals surface area (Å²) in [6, 6.07) is 0. The SMILES string of the molecule is CCCCCCCCCC(=O)Oc1c(CC)oc(CC)c1OC(=O)CCCCCCCCC. The topological polar surface area (TPSA) is 65.7 Å². The third-order valence-corrected chi connectivity index (χ3v) is 6.00. The van der Waals surface area contributed by atoms with Crippen molar-refractivity contribution in [3.05, 3.63) is 11.5 Å². The van der Waals surface area contributed by atoms with E-state index in [1.165, 1.54) is 51.4 Å². The van der Waals surface area contributed by atoms with Gasteiger partial charge in [-0.1, -0.05) is 105 Å². The minimum Gasteiger partial charge on any atom is -0.458 e. The van der Waals surface area contributed by atoms with Gasteiger partial charge in [0.1, 0.15) is 0 Å². The maximum atomic E-state index is 12.5. The van der Waals surface area contributed by atoms with Gasteiger partial charge in [-0.15, -0.1) is 0 Å². The van der Waals surface area contributed by atoms with Crippen molar-refractivity contribution in [2.45, 2.75) is 143 Å². The van der Waals surface area contributed by atoms with Crippen LogP contribution in [0, 0.1) is 0 Å². The van der Waals surface area contributed by atoms with Gasteiger partial charge < -0.3 is 13.9 Å². The van der Waals surface area contributed by atoms with Crippen molar-refractivity contribution in [3.8, 4) is 11.5 Å². The molecule has 0 amide bonds. The van der Waals surface area contributed by atoms with Crippen LogP contribution in [0.3, 0.4) is 0 Å². The number of ether oxygens (including phenoxy) is 2. The van der Waals surface area contributed by atoms with E-state index in [4.69, 9.17) is 13.9 Å². The summed E-state index contributed by atoms with van der Waals surface area (Å²) in [4.78, 5) is 24.9. The molecule has 0 aliphatic rings. The van der Waals surface area contributed by atoms with Crippen molar-refractivity contribution in [1.82, 2.24) is 0 Å². The van der Waals surface area contributed by atoms with Crippen molar-refractivity contribution in [2.75, 3.05) is 0 Å². The maximum Gasteiger partial charge on any atom is 0.311 e. The largest absolute Gasteiger partial charge is 0.458 e. The average Bonchev–Trinajstić information content (AvgIpc) is 3.13. The molecule has 5 nitrogen and oxygen atoms in total. The fourth-order valence-corrected chi connectivity index (χ4v) is 3.95. The molecule has 0 fully saturated rings. The fourth-order valence-electron chi connectivity index (χ4n) is 3.95. The van der Waals surface area contributed by atoms with E-state index in [2.05, 4.69) is 13.8 Å². The van der Waals surface area contributed by atoms with Gasteiger partial charge in [0.25, 0.3) is 0 Å². The summed E-state index contributed by atoms with van der Waals surface area (Å²) < 4.78 is 17.2. The Bertz CT molecular complexity index is 607. The van der Waals surface area contributed by atoms with Crippen LogP contribution in [0.5, 0.6) is 11.5 Å². The van der Waals surface area contributed by atoms with Crippen molar-refractivity contribution in [2.24, 2.45) is 0 Å². The lowest BCUT2D eigenvalue weighted by Crippen LogP contribution is -2.12. The highest BCUT2D eigenvalue weighted by atomic mass is 16.6. The Morgan fingerprint density at radius 1 is 0.545 bits per heavy atom. The highest BCUT2D eigenvalue weighted by Gasteiger charge is 2.25. The van der Waals surface area contributed by atoms with Gasteiger partial charge in [-0.25, -0.2) is 0 Å². The predicted molar refractivity (Wildman–Crippen MR) is 134 cm³/mol. The molecule has 1 heterocycles. The van der Waals surface area contributed by atoms with E-state index in [0.717, 1.165) is 38.5 Å². The number of carbonyl (C=O) groups is 2. The number of rotatable bonds is 20. The highest BCUT2D eigenvalue weighted by Crippen LogP contribution is 2.39. The quantitative estimate of drug-likeness (QED) is 0.143. The molecule has 0 bridgehead atoms. The number of hydrogen-bond donors (Lipinski definition) is 0. The number of aryl methyl sites for hydroxylation is 2. The summed E-state index contributed by atoms with van der Waals surface area (Å²) in [6.45, 7) is 8.30. The van der Waals surface area contributed by atoms with Gasteiger partial charge in [0.05, 0.1) is 0 Å². The molecule has 0 atom stereocenters. The Balaban J connectivity index is 2.55. The van der Waals surface area contributed by atoms with Crippen molar-refractivity contribution in [3.63, 3.8) is 0 Å². The second kappa shape index (κ2) is 18.6. The summed E-state index contributed by atoms with van der Waals surface area (Å²) in [5.41, 5.74) is 0. The molecule has 5 heteroatoms. The van der Waals surface area contributed by atoms with Gasteiger partial charge in [0.15, 0.2) is 11.5 Å². The molecular weight excluding hydrogens is 416 g/mol. The Labute approximate surface area is 202 Å². The van der Waals surface area contributed by atoms with E-state index in [1.807, 2.05) is 13.8 Å². The summed E-state index contributed by atoms with van der Waals surface area (Å²) in [7, 11) is 0. The van der Waals surface area contributed by atoms with Gasteiger partial charge in [0, 0.05) is 25.7 Å². The smallest absolute Gasteiger partial charge is 0.311 e. The zero-order chi connectivity index (χ0) is 24.3. The van der Waals surface area contributed by atoms with Crippen LogP contribution in [-0.2, 0) is 22.4 Å². The van der Waals surface area contributed by atoms with E-state index >= 15 is 0 Å². The lowest BCUT2D eigenvalue weighted by molar-refractivity contribution is -0.137. The predicted octanol–water partition coefficient (Wildman–Crippen LogP) is 8.50. The maximum absolute atomic E-state index is 12.5. The Kier molecular flexibility index (Phi) is 16.5. The van der Waals surface area contributed by atoms with E-state index in [9.17, 15) is 9.59 Å². The molecule has 0 N–H and O–H groups in total. The number of unbranched alkanes of at least 4 members (excludes halogenated alkanes) is 12. The second-order valence-electron chi connectivity index (χ2n) is 9.00. The molecule has 0 saturated carbocycles. The molecule has 0 aliphatic carbocycles. The van der Waals surface area contributed by atoms with Crippen LogP contribution in [0.4, 0.5) is 0 Å². The third kappa shape index (κ3) is 12.3. The van der Waals surface area contributed by atoms with Gasteiger partial charge in [-0.05, 0) is 12.8 Å². The van der Waals surface area contributed by atoms with Crippen LogP contribution in [-0.4, -0.2) is 11.9 Å². The Morgan fingerprint density at radius 3 is 1.21 bits per heavy atom. The summed E-state index contributed by atoms with van der Waals surface area (Å²) in [6.07, 6.45) is 17.9. The molecule has 1 aromatic rings. The second-order valence-corrected chi connectivity index (χ2v) is 9.00. The van der Waals surface area contributed by atoms with Crippen molar-refractivity contribution >= 4 is 11.9 Å². The van der Waals surface area contributed by atoms with Gasteiger partial charge >= 0.3 is 11.9 Å². The Morgan fingerprint density at radius 2 is 0.879 bits per heavy atom. The summed E-state index contributed by atoms with van der Waals surface area (Å²) in [5.74, 6) is 1.17. The molecule has 0 unspecified atom stereocenters. The zero-order valence-electron chi connectivity index (χ0n) is 21.8. The van der Waals surface area contributed by atoms with Gasteiger partial charge in [-0.3, -0.25) is 9.59 Å². The molecule has 190 valence electrons. The van der Waals surface area contributed by atoms with E-state index < -0.39 is 0 Å². The summed E-state index contributed by atoms with van der Waals surface area (Å²) >= 11 is 0. The first kappa shape index (κ1) is 29.3. The van der Waals surface area contributed by atoms with Gasteiger partial charge in [0.2, 0.25) is 11.5 Å². The molecule has 1 rings (SSSR count). The van der Waals surface area contributed by atoms with E-state index in [1.54, 1.807) is 0 Å². The normalized spacial score (nSPS) is 11.0. The van der Waals surface area contributed by atoms with Crippen LogP contribution in [0.2, 0.25) is 0 Å². The molecule has 0 aromatic carbocycles. The first-order chi connectivity index (χ1) is 16.1. The number of furan rings is 1.